The molecule has 0 heterocycles. The van der Waals surface area contributed by atoms with Crippen molar-refractivity contribution in [2.24, 2.45) is 0 Å². The normalized spacial score (nSPS) is 12.7. The van der Waals surface area contributed by atoms with Gasteiger partial charge in [0.2, 0.25) is 5.75 Å². The molecule has 0 aliphatic rings. The van der Waals surface area contributed by atoms with Gasteiger partial charge in [-0.2, -0.15) is 0 Å². The van der Waals surface area contributed by atoms with Gasteiger partial charge in [-0.3, -0.25) is 10.1 Å². The fourth-order valence-corrected chi connectivity index (χ4v) is 1.58. The van der Waals surface area contributed by atoms with Gasteiger partial charge >= 0.3 is 11.7 Å². The number of para-hydroxylation sites is 1. The molecule has 110 valence electrons. The van der Waals surface area contributed by atoms with Gasteiger partial charge in [0.1, 0.15) is 5.60 Å². The van der Waals surface area contributed by atoms with Crippen LogP contribution in [0, 0.1) is 10.1 Å². The molecule has 1 aromatic rings. The Morgan fingerprint density at radius 2 is 2.00 bits per heavy atom. The van der Waals surface area contributed by atoms with Crippen LogP contribution < -0.4 is 4.74 Å². The zero-order valence-electron chi connectivity index (χ0n) is 11.7. The Kier molecular flexibility index (Phi) is 4.94. The highest BCUT2D eigenvalue weighted by Gasteiger charge is 2.27. The first-order valence-electron chi connectivity index (χ1n) is 5.94. The number of hydrogen-bond acceptors (Lipinski definition) is 5. The van der Waals surface area contributed by atoms with E-state index in [0.29, 0.717) is 0 Å². The van der Waals surface area contributed by atoms with Crippen molar-refractivity contribution in [1.82, 2.24) is 0 Å². The molecule has 0 radical (unpaired) electrons. The number of nitrogens with zero attached hydrogens (tertiary/aromatic N) is 1. The van der Waals surface area contributed by atoms with Gasteiger partial charge < -0.3 is 9.47 Å². The van der Waals surface area contributed by atoms with Crippen LogP contribution in [-0.2, 0) is 9.53 Å². The van der Waals surface area contributed by atoms with Crippen molar-refractivity contribution in [3.63, 3.8) is 0 Å². The summed E-state index contributed by atoms with van der Waals surface area (Å²) in [5, 5.41) is 11.0. The fraction of sp³-hybridized carbons (Fsp3) is 0.462. The Labute approximate surface area is 121 Å². The third kappa shape index (κ3) is 4.38. The summed E-state index contributed by atoms with van der Waals surface area (Å²) in [5.41, 5.74) is -0.964. The average molecular weight is 302 g/mol. The van der Waals surface area contributed by atoms with Gasteiger partial charge in [-0.05, 0) is 33.8 Å². The molecule has 1 atom stereocenters. The monoisotopic (exact) mass is 301 g/mol. The third-order valence-corrected chi connectivity index (χ3v) is 2.47. The van der Waals surface area contributed by atoms with Gasteiger partial charge in [-0.1, -0.05) is 17.7 Å². The fourth-order valence-electron chi connectivity index (χ4n) is 1.37. The molecule has 20 heavy (non-hydrogen) atoms. The van der Waals surface area contributed by atoms with E-state index in [2.05, 4.69) is 0 Å². The maximum Gasteiger partial charge on any atom is 0.347 e. The number of carbonyl (C=O) groups excluding carboxylic acids is 1. The number of ether oxygens (including phenoxy) is 2. The average Bonchev–Trinajstić information content (AvgIpc) is 2.28. The van der Waals surface area contributed by atoms with Crippen molar-refractivity contribution in [2.75, 3.05) is 0 Å². The summed E-state index contributed by atoms with van der Waals surface area (Å²) in [4.78, 5) is 22.1. The van der Waals surface area contributed by atoms with Crippen molar-refractivity contribution >= 4 is 23.3 Å². The molecule has 0 saturated heterocycles. The molecule has 0 spiro atoms. The molecule has 1 unspecified atom stereocenters. The van der Waals surface area contributed by atoms with E-state index in [4.69, 9.17) is 21.1 Å². The van der Waals surface area contributed by atoms with Gasteiger partial charge in [0, 0.05) is 6.07 Å². The molecule has 0 aliphatic heterocycles. The van der Waals surface area contributed by atoms with Crippen LogP contribution in [0.25, 0.3) is 0 Å². The second-order valence-corrected chi connectivity index (χ2v) is 5.55. The van der Waals surface area contributed by atoms with Gasteiger partial charge in [-0.15, -0.1) is 0 Å². The predicted molar refractivity (Wildman–Crippen MR) is 74.0 cm³/mol. The Balaban J connectivity index is 2.93. The largest absolute Gasteiger partial charge is 0.471 e. The lowest BCUT2D eigenvalue weighted by molar-refractivity contribution is -0.386. The van der Waals surface area contributed by atoms with E-state index >= 15 is 0 Å². The zero-order valence-corrected chi connectivity index (χ0v) is 12.4. The minimum atomic E-state index is -1.01. The molecule has 0 aliphatic carbocycles. The van der Waals surface area contributed by atoms with Crippen molar-refractivity contribution in [3.05, 3.63) is 33.3 Å². The van der Waals surface area contributed by atoms with Crippen LogP contribution in [0.3, 0.4) is 0 Å². The summed E-state index contributed by atoms with van der Waals surface area (Å²) in [6.07, 6.45) is -1.01. The van der Waals surface area contributed by atoms with Crippen LogP contribution >= 0.6 is 11.6 Å². The van der Waals surface area contributed by atoms with Gasteiger partial charge in [0.15, 0.2) is 6.10 Å². The Morgan fingerprint density at radius 3 is 2.50 bits per heavy atom. The second kappa shape index (κ2) is 6.09. The van der Waals surface area contributed by atoms with Crippen LogP contribution in [0.15, 0.2) is 18.2 Å². The van der Waals surface area contributed by atoms with E-state index in [1.165, 1.54) is 25.1 Å². The lowest BCUT2D eigenvalue weighted by Crippen LogP contribution is -2.33. The molecular formula is C13H16ClNO5. The lowest BCUT2D eigenvalue weighted by Gasteiger charge is -2.22. The zero-order chi connectivity index (χ0) is 15.5. The number of esters is 1. The van der Waals surface area contributed by atoms with Crippen molar-refractivity contribution in [1.29, 1.82) is 0 Å². The van der Waals surface area contributed by atoms with Crippen LogP contribution in [0.1, 0.15) is 27.7 Å². The van der Waals surface area contributed by atoms with Gasteiger partial charge in [-0.25, -0.2) is 4.79 Å². The van der Waals surface area contributed by atoms with E-state index in [1.807, 2.05) is 0 Å². The summed E-state index contributed by atoms with van der Waals surface area (Å²) in [6.45, 7) is 6.60. The van der Waals surface area contributed by atoms with E-state index in [9.17, 15) is 14.9 Å². The lowest BCUT2D eigenvalue weighted by atomic mass is 10.2. The topological polar surface area (TPSA) is 78.7 Å². The van der Waals surface area contributed by atoms with Crippen LogP contribution in [0.2, 0.25) is 5.02 Å². The number of benzene rings is 1. The number of nitro benzene ring substituents is 1. The number of halogens is 1. The summed E-state index contributed by atoms with van der Waals surface area (Å²) in [5.74, 6) is -0.760. The van der Waals surface area contributed by atoms with Gasteiger partial charge in [0.05, 0.1) is 9.95 Å². The van der Waals surface area contributed by atoms with Gasteiger partial charge in [0.25, 0.3) is 0 Å². The number of hydrogen-bond donors (Lipinski definition) is 0. The predicted octanol–water partition coefficient (Wildman–Crippen LogP) is 3.36. The number of rotatable bonds is 4. The summed E-state index contributed by atoms with van der Waals surface area (Å²) >= 11 is 5.87. The molecule has 0 aromatic heterocycles. The molecule has 7 heteroatoms. The second-order valence-electron chi connectivity index (χ2n) is 5.14. The first kappa shape index (κ1) is 16.2. The number of carbonyl (C=O) groups is 1. The molecule has 1 aromatic carbocycles. The number of nitro groups is 1. The Hall–Kier alpha value is -1.82. The first-order valence-corrected chi connectivity index (χ1v) is 6.32. The van der Waals surface area contributed by atoms with E-state index in [-0.39, 0.29) is 16.5 Å². The maximum atomic E-state index is 11.8. The minimum absolute atomic E-state index is 0.0645. The summed E-state index contributed by atoms with van der Waals surface area (Å²) in [6, 6.07) is 4.14. The maximum absolute atomic E-state index is 11.8. The van der Waals surface area contributed by atoms with E-state index < -0.39 is 22.6 Å². The van der Waals surface area contributed by atoms with Crippen LogP contribution in [0.4, 0.5) is 5.69 Å². The van der Waals surface area contributed by atoms with Crippen LogP contribution in [0.5, 0.6) is 5.75 Å². The van der Waals surface area contributed by atoms with Crippen molar-refractivity contribution in [3.8, 4) is 5.75 Å². The molecular weight excluding hydrogens is 286 g/mol. The van der Waals surface area contributed by atoms with E-state index in [0.717, 1.165) is 0 Å². The highest BCUT2D eigenvalue weighted by molar-refractivity contribution is 6.32. The highest BCUT2D eigenvalue weighted by Crippen LogP contribution is 2.35. The molecule has 6 nitrogen and oxygen atoms in total. The Morgan fingerprint density at radius 1 is 1.40 bits per heavy atom. The molecule has 0 saturated carbocycles. The van der Waals surface area contributed by atoms with E-state index in [1.54, 1.807) is 20.8 Å². The first-order chi connectivity index (χ1) is 9.11. The molecule has 1 rings (SSSR count). The van der Waals surface area contributed by atoms with Crippen molar-refractivity contribution < 1.29 is 19.2 Å². The third-order valence-electron chi connectivity index (χ3n) is 2.18. The molecule has 0 bridgehead atoms. The summed E-state index contributed by atoms with van der Waals surface area (Å²) < 4.78 is 10.4. The van der Waals surface area contributed by atoms with Crippen LogP contribution in [-0.4, -0.2) is 22.6 Å². The van der Waals surface area contributed by atoms with Crippen molar-refractivity contribution in [2.45, 2.75) is 39.4 Å². The smallest absolute Gasteiger partial charge is 0.347 e. The molecule has 0 N–H and O–H groups in total. The molecule has 0 amide bonds. The Bertz CT molecular complexity index is 524. The summed E-state index contributed by atoms with van der Waals surface area (Å²) in [7, 11) is 0. The highest BCUT2D eigenvalue weighted by atomic mass is 35.5. The quantitative estimate of drug-likeness (QED) is 0.484. The standard InChI is InChI=1S/C13H16ClNO5/c1-8(12(16)20-13(2,3)4)19-11-9(14)6-5-7-10(11)15(17)18/h5-8H,1-4H3. The minimum Gasteiger partial charge on any atom is -0.471 e. The molecule has 0 fully saturated rings. The SMILES string of the molecule is CC(Oc1c(Cl)cccc1[N+](=O)[O-])C(=O)OC(C)(C)C.